The lowest BCUT2D eigenvalue weighted by molar-refractivity contribution is -0.378. The number of hydrogen-bond donors (Lipinski definition) is 14. The lowest BCUT2D eigenvalue weighted by atomic mass is 9.76. The highest BCUT2D eigenvalue weighted by Gasteiger charge is 2.63. The Balaban J connectivity index is 1.22. The van der Waals surface area contributed by atoms with Crippen molar-refractivity contribution >= 4 is 0 Å². The van der Waals surface area contributed by atoms with Crippen LogP contribution in [0.2, 0.25) is 0 Å². The van der Waals surface area contributed by atoms with E-state index in [1.807, 2.05) is 0 Å². The lowest BCUT2D eigenvalue weighted by Gasteiger charge is -2.49. The average molecular weight is 1090 g/mol. The Hall–Kier alpha value is -0.960. The molecule has 4 saturated heterocycles. The first-order valence-electron chi connectivity index (χ1n) is 27.8. The molecule has 6 aliphatic rings. The van der Waals surface area contributed by atoms with Gasteiger partial charge in [-0.3, -0.25) is 0 Å². The van der Waals surface area contributed by atoms with E-state index in [0.29, 0.717) is 32.8 Å². The van der Waals surface area contributed by atoms with E-state index < -0.39 is 173 Å². The van der Waals surface area contributed by atoms with Gasteiger partial charge in [-0.25, -0.2) is 0 Å². The van der Waals surface area contributed by atoms with Crippen molar-refractivity contribution < 1.29 is 119 Å². The van der Waals surface area contributed by atoms with Gasteiger partial charge in [-0.05, 0) is 42.9 Å². The highest BCUT2D eigenvalue weighted by atomic mass is 16.8. The summed E-state index contributed by atoms with van der Waals surface area (Å²) >= 11 is 0. The van der Waals surface area contributed by atoms with Crippen molar-refractivity contribution in [3.05, 3.63) is 0 Å². The van der Waals surface area contributed by atoms with E-state index in [9.17, 15) is 71.5 Å². The molecule has 4 aliphatic heterocycles. The molecule has 0 radical (unpaired) electrons. The summed E-state index contributed by atoms with van der Waals surface area (Å²) in [7, 11) is 0. The third-order valence-electron chi connectivity index (χ3n) is 16.3. The van der Waals surface area contributed by atoms with Crippen LogP contribution < -0.4 is 0 Å². The van der Waals surface area contributed by atoms with Crippen LogP contribution in [0, 0.1) is 23.7 Å². The largest absolute Gasteiger partial charge is 0.394 e. The lowest BCUT2D eigenvalue weighted by Crippen LogP contribution is -2.66. The summed E-state index contributed by atoms with van der Waals surface area (Å²) in [6.45, 7) is 2.84. The van der Waals surface area contributed by atoms with Crippen molar-refractivity contribution in [1.82, 2.24) is 0 Å². The number of ether oxygens (including phenoxy) is 10. The third kappa shape index (κ3) is 15.7. The summed E-state index contributed by atoms with van der Waals surface area (Å²) in [5.74, 6) is -1.20. The third-order valence-corrected chi connectivity index (χ3v) is 16.3. The highest BCUT2D eigenvalue weighted by Crippen LogP contribution is 2.56. The molecule has 6 fully saturated rings. The zero-order chi connectivity index (χ0) is 54.3. The monoisotopic (exact) mass is 1090 g/mol. The van der Waals surface area contributed by atoms with Crippen molar-refractivity contribution in [2.75, 3.05) is 52.9 Å². The van der Waals surface area contributed by atoms with E-state index in [1.54, 1.807) is 0 Å². The molecular weight excluding hydrogens is 997 g/mol. The summed E-state index contributed by atoms with van der Waals surface area (Å²) in [5.41, 5.74) is 0. The molecule has 6 rings (SSSR count). The molecule has 0 unspecified atom stereocenters. The second-order valence-corrected chi connectivity index (χ2v) is 21.5. The first kappa shape index (κ1) is 63.2. The molecule has 14 N–H and O–H groups in total. The van der Waals surface area contributed by atoms with E-state index in [1.165, 1.54) is 25.7 Å². The molecule has 0 aromatic carbocycles. The maximum Gasteiger partial charge on any atom is 0.187 e. The topological polar surface area (TPSA) is 376 Å². The van der Waals surface area contributed by atoms with Gasteiger partial charge in [0.1, 0.15) is 97.7 Å². The zero-order valence-electron chi connectivity index (χ0n) is 43.6. The Kier molecular flexibility index (Phi) is 26.4. The van der Waals surface area contributed by atoms with E-state index in [-0.39, 0.29) is 11.8 Å². The predicted octanol–water partition coefficient (Wildman–Crippen LogP) is -2.58. The van der Waals surface area contributed by atoms with Gasteiger partial charge in [0.2, 0.25) is 0 Å². The number of unbranched alkanes of at least 4 members (excludes halogenated alkanes) is 12. The first-order chi connectivity index (χ1) is 36.1. The Morgan fingerprint density at radius 3 is 0.960 bits per heavy atom. The second-order valence-electron chi connectivity index (χ2n) is 21.5. The summed E-state index contributed by atoms with van der Waals surface area (Å²) in [5, 5.41) is 150. The number of fused-ring (bicyclic) bond motifs is 2. The Morgan fingerprint density at radius 2 is 0.627 bits per heavy atom. The van der Waals surface area contributed by atoms with Crippen LogP contribution in [-0.4, -0.2) is 259 Å². The van der Waals surface area contributed by atoms with Crippen LogP contribution in [0.5, 0.6) is 0 Å². The Morgan fingerprint density at radius 1 is 0.333 bits per heavy atom. The van der Waals surface area contributed by atoms with Crippen molar-refractivity contribution in [2.24, 2.45) is 23.7 Å². The number of aliphatic hydroxyl groups is 14. The number of hydrogen-bond acceptors (Lipinski definition) is 24. The van der Waals surface area contributed by atoms with Gasteiger partial charge >= 0.3 is 0 Å². The quantitative estimate of drug-likeness (QED) is 0.0308. The molecule has 2 aliphatic carbocycles. The molecule has 2 bridgehead atoms. The van der Waals surface area contributed by atoms with Crippen LogP contribution in [0.15, 0.2) is 0 Å². The minimum atomic E-state index is -1.90. The van der Waals surface area contributed by atoms with Crippen molar-refractivity contribution in [2.45, 2.75) is 245 Å². The summed E-state index contributed by atoms with van der Waals surface area (Å²) in [6.07, 6.45) is -20.3. The van der Waals surface area contributed by atoms with E-state index >= 15 is 0 Å². The Labute approximate surface area is 439 Å². The fourth-order valence-corrected chi connectivity index (χ4v) is 11.8. The molecule has 4 heterocycles. The Bertz CT molecular complexity index is 1460. The van der Waals surface area contributed by atoms with Gasteiger partial charge in [0.25, 0.3) is 0 Å². The molecule has 0 spiro atoms. The maximum absolute atomic E-state index is 11.7. The fourth-order valence-electron chi connectivity index (χ4n) is 11.8. The predicted molar refractivity (Wildman–Crippen MR) is 259 cm³/mol. The average Bonchev–Trinajstić information content (AvgIpc) is 3.94. The second kappa shape index (κ2) is 31.3. The highest BCUT2D eigenvalue weighted by molar-refractivity contribution is 5.09. The molecule has 0 aromatic rings. The normalized spacial score (nSPS) is 44.2. The SMILES string of the molecule is CCCCCCCCCOC[C@@H]1[C@H](COCCCCCCCCC)[C@@H]2C[C@@H]1[C@@H](O[C@@H]1O[C@H](CO)[C@@H](O[C@H]3O[C@H](CO)[C@@H](O)[C@H](O)[C@H]3O)[C@H](O)[C@H]1O)[C@H]2O[C@@H]1O[C@H](CO)[C@@H](O[C@H]2O[C@H](CO)[C@@H](O)[C@H](O)[C@H]2O)[C@H](O)[C@H]1O. The van der Waals surface area contributed by atoms with Gasteiger partial charge in [0, 0.05) is 13.2 Å². The van der Waals surface area contributed by atoms with Crippen LogP contribution in [-0.2, 0) is 47.4 Å². The molecule has 0 aromatic heterocycles. The fraction of sp³-hybridized carbons (Fsp3) is 1.00. The van der Waals surface area contributed by atoms with E-state index in [4.69, 9.17) is 47.4 Å². The molecule has 75 heavy (non-hydrogen) atoms. The smallest absolute Gasteiger partial charge is 0.187 e. The first-order valence-corrected chi connectivity index (χ1v) is 27.8. The van der Waals surface area contributed by atoms with Gasteiger partial charge in [0.05, 0.1) is 51.8 Å². The van der Waals surface area contributed by atoms with Gasteiger partial charge in [-0.2, -0.15) is 0 Å². The standard InChI is InChI=1S/C51H92O24/c1-3-5-7-9-11-13-15-17-66-24-28-26-19-27(29(28)25-67-18-16-14-12-10-8-6-4-2)45(73-51-43(65)39(61)47(33(23-55)71-51)75-49-41(63)37(59)35(57)31(21-53)69-49)44(26)72-50-42(64)38(60)46(32(22-54)70-50)74-48-40(62)36(58)34(56)30(20-52)68-48/h26-65H,3-25H2,1-2H3/t26-,27-,28-,29+,30+,31+,32+,33+,34+,35+,36-,37-,38+,39+,40+,41+,42+,43+,44+,45-,46+,47+,48+,49+,50-,51-/m0/s1. The summed E-state index contributed by atoms with van der Waals surface area (Å²) in [4.78, 5) is 0. The number of aliphatic hydroxyl groups excluding tert-OH is 14. The van der Waals surface area contributed by atoms with Crippen LogP contribution in [0.25, 0.3) is 0 Å². The van der Waals surface area contributed by atoms with Crippen LogP contribution in [0.4, 0.5) is 0 Å². The van der Waals surface area contributed by atoms with Gasteiger partial charge in [-0.15, -0.1) is 0 Å². The van der Waals surface area contributed by atoms with Gasteiger partial charge in [-0.1, -0.05) is 90.9 Å². The molecule has 24 nitrogen and oxygen atoms in total. The van der Waals surface area contributed by atoms with Crippen LogP contribution >= 0.6 is 0 Å². The van der Waals surface area contributed by atoms with Gasteiger partial charge in [0.15, 0.2) is 25.2 Å². The van der Waals surface area contributed by atoms with E-state index in [2.05, 4.69) is 13.8 Å². The minimum Gasteiger partial charge on any atom is -0.394 e. The van der Waals surface area contributed by atoms with Crippen LogP contribution in [0.3, 0.4) is 0 Å². The van der Waals surface area contributed by atoms with Crippen molar-refractivity contribution in [3.8, 4) is 0 Å². The molecule has 24 heteroatoms. The summed E-state index contributed by atoms with van der Waals surface area (Å²) in [6, 6.07) is 0. The van der Waals surface area contributed by atoms with Crippen LogP contribution in [0.1, 0.15) is 110 Å². The maximum atomic E-state index is 11.7. The summed E-state index contributed by atoms with van der Waals surface area (Å²) < 4.78 is 60.8. The molecule has 2 saturated carbocycles. The molecule has 26 atom stereocenters. The van der Waals surface area contributed by atoms with Crippen molar-refractivity contribution in [1.29, 1.82) is 0 Å². The zero-order valence-corrected chi connectivity index (χ0v) is 43.6. The molecule has 0 amide bonds. The van der Waals surface area contributed by atoms with Crippen molar-refractivity contribution in [3.63, 3.8) is 0 Å². The number of rotatable bonds is 32. The van der Waals surface area contributed by atoms with Gasteiger partial charge < -0.3 is 119 Å². The van der Waals surface area contributed by atoms with E-state index in [0.717, 1.165) is 64.2 Å². The molecular formula is C51H92O24. The molecule has 440 valence electrons. The minimum absolute atomic E-state index is 0.204.